The first-order chi connectivity index (χ1) is 6.27. The Labute approximate surface area is 80.3 Å². The average molecular weight is 198 g/mol. The van der Waals surface area contributed by atoms with Crippen LogP contribution in [0.25, 0.3) is 6.08 Å². The number of aliphatic hydroxyl groups excluding tert-OH is 1. The van der Waals surface area contributed by atoms with Crippen LogP contribution in [0, 0.1) is 0 Å². The lowest BCUT2D eigenvalue weighted by atomic mass is 10.4. The second kappa shape index (κ2) is 4.79. The quantitative estimate of drug-likeness (QED) is 0.749. The minimum absolute atomic E-state index is 0.00541. The van der Waals surface area contributed by atoms with Gasteiger partial charge in [0.25, 0.3) is 0 Å². The summed E-state index contributed by atoms with van der Waals surface area (Å²) in [6.45, 7) is 0.00541. The maximum atomic E-state index is 11.0. The van der Waals surface area contributed by atoms with E-state index in [1.165, 1.54) is 18.4 Å². The van der Waals surface area contributed by atoms with Gasteiger partial charge in [-0.3, -0.25) is 0 Å². The van der Waals surface area contributed by atoms with Crippen molar-refractivity contribution in [2.24, 2.45) is 0 Å². The summed E-state index contributed by atoms with van der Waals surface area (Å²) in [7, 11) is 1.35. The van der Waals surface area contributed by atoms with E-state index in [1.54, 1.807) is 18.2 Å². The van der Waals surface area contributed by atoms with Crippen molar-refractivity contribution in [3.05, 3.63) is 28.0 Å². The van der Waals surface area contributed by atoms with E-state index >= 15 is 0 Å². The third-order valence-electron chi connectivity index (χ3n) is 1.40. The highest BCUT2D eigenvalue weighted by molar-refractivity contribution is 7.14. The number of ether oxygens (including phenoxy) is 1. The van der Waals surface area contributed by atoms with E-state index in [2.05, 4.69) is 4.74 Å². The van der Waals surface area contributed by atoms with Crippen LogP contribution in [0.5, 0.6) is 0 Å². The summed E-state index contributed by atoms with van der Waals surface area (Å²) in [5.41, 5.74) is 0. The number of thiophene rings is 1. The van der Waals surface area contributed by atoms with Crippen molar-refractivity contribution in [1.82, 2.24) is 0 Å². The van der Waals surface area contributed by atoms with Gasteiger partial charge in [-0.15, -0.1) is 11.3 Å². The molecule has 3 nitrogen and oxygen atoms in total. The minimum atomic E-state index is -0.325. The molecule has 0 radical (unpaired) electrons. The molecule has 0 aromatic carbocycles. The van der Waals surface area contributed by atoms with Crippen LogP contribution in [0.4, 0.5) is 0 Å². The molecule has 0 spiro atoms. The monoisotopic (exact) mass is 198 g/mol. The summed E-state index contributed by atoms with van der Waals surface area (Å²) in [6.07, 6.45) is 3.38. The second-order valence-electron chi connectivity index (χ2n) is 2.28. The highest BCUT2D eigenvalue weighted by atomic mass is 32.1. The third kappa shape index (κ3) is 2.68. The van der Waals surface area contributed by atoms with Gasteiger partial charge in [-0.1, -0.05) is 6.08 Å². The lowest BCUT2D eigenvalue weighted by Gasteiger charge is -1.91. The van der Waals surface area contributed by atoms with Crippen molar-refractivity contribution in [2.45, 2.75) is 0 Å². The first-order valence-corrected chi connectivity index (χ1v) is 4.55. The first kappa shape index (κ1) is 9.95. The summed E-state index contributed by atoms with van der Waals surface area (Å²) in [5, 5.41) is 8.52. The van der Waals surface area contributed by atoms with Gasteiger partial charge in [-0.2, -0.15) is 0 Å². The Morgan fingerprint density at radius 2 is 2.46 bits per heavy atom. The van der Waals surface area contributed by atoms with E-state index in [0.29, 0.717) is 4.88 Å². The molecule has 1 aromatic heterocycles. The fraction of sp³-hybridized carbons (Fsp3) is 0.222. The smallest absolute Gasteiger partial charge is 0.348 e. The molecule has 0 bridgehead atoms. The number of methoxy groups -OCH3 is 1. The van der Waals surface area contributed by atoms with Crippen LogP contribution in [0.3, 0.4) is 0 Å². The molecule has 70 valence electrons. The molecule has 0 aliphatic rings. The number of carbonyl (C=O) groups is 1. The van der Waals surface area contributed by atoms with E-state index in [9.17, 15) is 4.79 Å². The largest absolute Gasteiger partial charge is 0.465 e. The van der Waals surface area contributed by atoms with Gasteiger partial charge in [0.05, 0.1) is 13.7 Å². The standard InChI is InChI=1S/C9H10O3S/c1-12-9(11)8-5-4-7(13-8)3-2-6-10/h2-5,10H,6H2,1H3. The summed E-state index contributed by atoms with van der Waals surface area (Å²) >= 11 is 1.33. The zero-order valence-corrected chi connectivity index (χ0v) is 8.00. The van der Waals surface area contributed by atoms with E-state index in [1.807, 2.05) is 6.07 Å². The van der Waals surface area contributed by atoms with Crippen molar-refractivity contribution in [3.8, 4) is 0 Å². The summed E-state index contributed by atoms with van der Waals surface area (Å²) in [6, 6.07) is 3.51. The Kier molecular flexibility index (Phi) is 3.67. The van der Waals surface area contributed by atoms with Gasteiger partial charge < -0.3 is 9.84 Å². The summed E-state index contributed by atoms with van der Waals surface area (Å²) < 4.78 is 4.55. The minimum Gasteiger partial charge on any atom is -0.465 e. The van der Waals surface area contributed by atoms with Crippen LogP contribution in [0.15, 0.2) is 18.2 Å². The number of hydrogen-bond donors (Lipinski definition) is 1. The van der Waals surface area contributed by atoms with Gasteiger partial charge in [0.2, 0.25) is 0 Å². The van der Waals surface area contributed by atoms with E-state index in [4.69, 9.17) is 5.11 Å². The molecule has 0 aliphatic heterocycles. The normalized spacial score (nSPS) is 10.6. The van der Waals surface area contributed by atoms with Crippen LogP contribution >= 0.6 is 11.3 Å². The Bertz CT molecular complexity index is 314. The fourth-order valence-electron chi connectivity index (χ4n) is 0.822. The molecule has 13 heavy (non-hydrogen) atoms. The molecule has 0 aliphatic carbocycles. The zero-order valence-electron chi connectivity index (χ0n) is 7.19. The summed E-state index contributed by atoms with van der Waals surface area (Å²) in [5.74, 6) is -0.325. The topological polar surface area (TPSA) is 46.5 Å². The van der Waals surface area contributed by atoms with Gasteiger partial charge >= 0.3 is 5.97 Å². The molecule has 1 N–H and O–H groups in total. The molecule has 0 fully saturated rings. The lowest BCUT2D eigenvalue weighted by Crippen LogP contribution is -1.96. The number of esters is 1. The predicted octanol–water partition coefficient (Wildman–Crippen LogP) is 1.54. The molecule has 0 saturated carbocycles. The maximum Gasteiger partial charge on any atom is 0.348 e. The Morgan fingerprint density at radius 3 is 3.08 bits per heavy atom. The Morgan fingerprint density at radius 1 is 1.69 bits per heavy atom. The van der Waals surface area contributed by atoms with E-state index in [0.717, 1.165) is 4.88 Å². The van der Waals surface area contributed by atoms with Crippen molar-refractivity contribution in [1.29, 1.82) is 0 Å². The fourth-order valence-corrected chi connectivity index (χ4v) is 1.68. The molecule has 1 heterocycles. The van der Waals surface area contributed by atoms with Gasteiger partial charge in [0.1, 0.15) is 4.88 Å². The number of hydrogen-bond acceptors (Lipinski definition) is 4. The number of rotatable bonds is 3. The van der Waals surface area contributed by atoms with Gasteiger partial charge in [0.15, 0.2) is 0 Å². The Hall–Kier alpha value is -1.13. The molecule has 0 unspecified atom stereocenters. The molecule has 0 saturated heterocycles. The second-order valence-corrected chi connectivity index (χ2v) is 3.39. The summed E-state index contributed by atoms with van der Waals surface area (Å²) in [4.78, 5) is 12.5. The molecule has 0 atom stereocenters. The highest BCUT2D eigenvalue weighted by Gasteiger charge is 2.06. The first-order valence-electron chi connectivity index (χ1n) is 3.73. The molecule has 0 amide bonds. The Balaban J connectivity index is 2.74. The van der Waals surface area contributed by atoms with Crippen LogP contribution < -0.4 is 0 Å². The van der Waals surface area contributed by atoms with Gasteiger partial charge in [0, 0.05) is 4.88 Å². The van der Waals surface area contributed by atoms with Gasteiger partial charge in [-0.25, -0.2) is 4.79 Å². The predicted molar refractivity (Wildman–Crippen MR) is 51.8 cm³/mol. The van der Waals surface area contributed by atoms with Crippen molar-refractivity contribution < 1.29 is 14.6 Å². The van der Waals surface area contributed by atoms with E-state index in [-0.39, 0.29) is 12.6 Å². The number of aliphatic hydroxyl groups is 1. The van der Waals surface area contributed by atoms with Crippen LogP contribution in [0.2, 0.25) is 0 Å². The molecular weight excluding hydrogens is 188 g/mol. The van der Waals surface area contributed by atoms with Crippen LogP contribution in [-0.2, 0) is 4.74 Å². The highest BCUT2D eigenvalue weighted by Crippen LogP contribution is 2.18. The molecule has 1 aromatic rings. The SMILES string of the molecule is COC(=O)c1ccc(C=CCO)s1. The average Bonchev–Trinajstić information content (AvgIpc) is 2.62. The van der Waals surface area contributed by atoms with Crippen LogP contribution in [0.1, 0.15) is 14.5 Å². The number of carbonyl (C=O) groups excluding carboxylic acids is 1. The van der Waals surface area contributed by atoms with E-state index < -0.39 is 0 Å². The van der Waals surface area contributed by atoms with Gasteiger partial charge in [-0.05, 0) is 18.2 Å². The van der Waals surface area contributed by atoms with Crippen molar-refractivity contribution in [3.63, 3.8) is 0 Å². The van der Waals surface area contributed by atoms with Crippen molar-refractivity contribution in [2.75, 3.05) is 13.7 Å². The third-order valence-corrected chi connectivity index (χ3v) is 2.43. The lowest BCUT2D eigenvalue weighted by molar-refractivity contribution is 0.0606. The molecule has 4 heteroatoms. The van der Waals surface area contributed by atoms with Crippen molar-refractivity contribution >= 4 is 23.4 Å². The maximum absolute atomic E-state index is 11.0. The molecule has 1 rings (SSSR count). The van der Waals surface area contributed by atoms with Crippen LogP contribution in [-0.4, -0.2) is 24.8 Å². The zero-order chi connectivity index (χ0) is 9.68. The molecular formula is C9H10O3S.